The van der Waals surface area contributed by atoms with Gasteiger partial charge in [0.25, 0.3) is 0 Å². The summed E-state index contributed by atoms with van der Waals surface area (Å²) < 4.78 is 22.2. The van der Waals surface area contributed by atoms with E-state index < -0.39 is 11.9 Å². The van der Waals surface area contributed by atoms with E-state index in [0.717, 1.165) is 53.2 Å². The van der Waals surface area contributed by atoms with Crippen LogP contribution in [0.4, 0.5) is 9.80 Å². The van der Waals surface area contributed by atoms with Gasteiger partial charge in [0.05, 0.1) is 30.9 Å². The topological polar surface area (TPSA) is 86.3 Å². The molecule has 0 bridgehead atoms. The molecule has 2 heterocycles. The number of carbonyl (C=O) groups is 2. The molecule has 1 aromatic heterocycles. The van der Waals surface area contributed by atoms with Crippen molar-refractivity contribution in [3.63, 3.8) is 0 Å². The summed E-state index contributed by atoms with van der Waals surface area (Å²) in [6, 6.07) is 9.90. The van der Waals surface area contributed by atoms with Crippen LogP contribution in [-0.2, 0) is 32.0 Å². The normalized spacial score (nSPS) is 17.2. The van der Waals surface area contributed by atoms with Crippen LogP contribution in [-0.4, -0.2) is 57.3 Å². The van der Waals surface area contributed by atoms with Crippen molar-refractivity contribution in [2.45, 2.75) is 64.4 Å². The van der Waals surface area contributed by atoms with Gasteiger partial charge in [0.15, 0.2) is 5.79 Å². The van der Waals surface area contributed by atoms with Crippen molar-refractivity contribution in [2.24, 2.45) is 0 Å². The van der Waals surface area contributed by atoms with Gasteiger partial charge in [-0.25, -0.2) is 9.59 Å². The van der Waals surface area contributed by atoms with Crippen LogP contribution in [0.25, 0.3) is 0 Å². The lowest BCUT2D eigenvalue weighted by molar-refractivity contribution is -0.178. The molecule has 1 aliphatic heterocycles. The minimum Gasteiger partial charge on any atom is -0.465 e. The maximum Gasteiger partial charge on any atom is 0.407 e. The van der Waals surface area contributed by atoms with Crippen LogP contribution >= 0.6 is 11.3 Å². The molecule has 1 amide bonds. The highest BCUT2D eigenvalue weighted by molar-refractivity contribution is 7.16. The molecule has 1 N–H and O–H groups in total. The summed E-state index contributed by atoms with van der Waals surface area (Å²) in [5, 5.41) is 3.89. The Labute approximate surface area is 216 Å². The van der Waals surface area contributed by atoms with E-state index in [4.69, 9.17) is 18.9 Å². The molecule has 2 aliphatic rings. The number of ether oxygens (including phenoxy) is 4. The highest BCUT2D eigenvalue weighted by atomic mass is 32.1. The van der Waals surface area contributed by atoms with Gasteiger partial charge in [-0.1, -0.05) is 30.3 Å². The highest BCUT2D eigenvalue weighted by Crippen LogP contribution is 2.42. The van der Waals surface area contributed by atoms with Crippen LogP contribution < -0.4 is 10.2 Å². The predicted molar refractivity (Wildman–Crippen MR) is 139 cm³/mol. The zero-order valence-electron chi connectivity index (χ0n) is 21.3. The molecular weight excluding hydrogens is 480 g/mol. The number of thiophene rings is 1. The van der Waals surface area contributed by atoms with E-state index in [1.54, 1.807) is 11.3 Å². The average Bonchev–Trinajstić information content (AvgIpc) is 3.49. The number of esters is 1. The Morgan fingerprint density at radius 1 is 1.17 bits per heavy atom. The molecule has 0 radical (unpaired) electrons. The minimum absolute atomic E-state index is 0.215. The number of hydrogen-bond acceptors (Lipinski definition) is 8. The smallest absolute Gasteiger partial charge is 0.407 e. The van der Waals surface area contributed by atoms with Crippen LogP contribution in [0.3, 0.4) is 0 Å². The fourth-order valence-electron chi connectivity index (χ4n) is 5.14. The summed E-state index contributed by atoms with van der Waals surface area (Å²) in [4.78, 5) is 28.2. The Hall–Kier alpha value is -2.62. The number of nitrogens with zero attached hydrogens (tertiary/aromatic N) is 1. The number of benzene rings is 1. The molecule has 0 atom stereocenters. The molecule has 1 spiro atoms. The predicted octanol–water partition coefficient (Wildman–Crippen LogP) is 4.82. The molecular formula is C27H36N2O6S. The molecule has 0 unspecified atom stereocenters. The molecule has 9 heteroatoms. The van der Waals surface area contributed by atoms with Gasteiger partial charge >= 0.3 is 12.1 Å². The maximum atomic E-state index is 12.7. The number of anilines is 1. The van der Waals surface area contributed by atoms with Crippen molar-refractivity contribution in [3.05, 3.63) is 51.9 Å². The third-order valence-corrected chi connectivity index (χ3v) is 8.38. The van der Waals surface area contributed by atoms with E-state index in [0.29, 0.717) is 37.8 Å². The van der Waals surface area contributed by atoms with Crippen LogP contribution in [0, 0.1) is 6.92 Å². The Balaban J connectivity index is 1.40. The number of amides is 1. The lowest BCUT2D eigenvalue weighted by atomic mass is 9.89. The van der Waals surface area contributed by atoms with Crippen LogP contribution in [0.2, 0.25) is 0 Å². The summed E-state index contributed by atoms with van der Waals surface area (Å²) in [7, 11) is 1.40. The van der Waals surface area contributed by atoms with Crippen molar-refractivity contribution in [1.82, 2.24) is 5.32 Å². The van der Waals surface area contributed by atoms with Crippen molar-refractivity contribution < 1.29 is 28.5 Å². The number of nitrogens with one attached hydrogen (secondary N) is 1. The second-order valence-corrected chi connectivity index (χ2v) is 10.3. The van der Waals surface area contributed by atoms with E-state index in [2.05, 4.69) is 17.1 Å². The third kappa shape index (κ3) is 6.02. The number of hydrogen-bond donors (Lipinski definition) is 1. The van der Waals surface area contributed by atoms with Crippen molar-refractivity contribution in [2.75, 3.05) is 38.3 Å². The molecule has 36 heavy (non-hydrogen) atoms. The van der Waals surface area contributed by atoms with E-state index in [1.807, 2.05) is 37.3 Å². The van der Waals surface area contributed by atoms with Gasteiger partial charge in [0.1, 0.15) is 6.61 Å². The molecule has 8 nitrogen and oxygen atoms in total. The van der Waals surface area contributed by atoms with Gasteiger partial charge in [0.2, 0.25) is 0 Å². The lowest BCUT2D eigenvalue weighted by Gasteiger charge is -2.41. The van der Waals surface area contributed by atoms with Gasteiger partial charge in [-0.15, -0.1) is 11.3 Å². The van der Waals surface area contributed by atoms with Crippen LogP contribution in [0.5, 0.6) is 0 Å². The van der Waals surface area contributed by atoms with E-state index in [9.17, 15) is 9.59 Å². The first-order valence-corrected chi connectivity index (χ1v) is 13.5. The Morgan fingerprint density at radius 3 is 2.50 bits per heavy atom. The number of methoxy groups -OCH3 is 1. The van der Waals surface area contributed by atoms with Crippen molar-refractivity contribution in [3.8, 4) is 0 Å². The summed E-state index contributed by atoms with van der Waals surface area (Å²) in [5.41, 5.74) is 2.47. The zero-order valence-corrected chi connectivity index (χ0v) is 22.2. The zero-order chi connectivity index (χ0) is 25.5. The summed E-state index contributed by atoms with van der Waals surface area (Å²) in [6.45, 7) is 6.89. The number of alkyl carbamates (subject to hydrolysis) is 1. The third-order valence-electron chi connectivity index (χ3n) is 6.99. The molecule has 1 aromatic carbocycles. The second kappa shape index (κ2) is 12.1. The molecule has 196 valence electrons. The minimum atomic E-state index is -0.477. The maximum absolute atomic E-state index is 12.7. The van der Waals surface area contributed by atoms with Gasteiger partial charge in [-0.2, -0.15) is 0 Å². The van der Waals surface area contributed by atoms with Gasteiger partial charge < -0.3 is 29.2 Å². The Morgan fingerprint density at radius 2 is 1.86 bits per heavy atom. The van der Waals surface area contributed by atoms with E-state index in [1.165, 1.54) is 7.11 Å². The molecule has 1 saturated heterocycles. The fraction of sp³-hybridized carbons (Fsp3) is 0.556. The number of carbonyl (C=O) groups excluding carboxylic acids is 2. The second-order valence-electron chi connectivity index (χ2n) is 9.19. The first-order chi connectivity index (χ1) is 17.5. The van der Waals surface area contributed by atoms with Crippen LogP contribution in [0.15, 0.2) is 30.3 Å². The summed E-state index contributed by atoms with van der Waals surface area (Å²) in [5.74, 6) is -0.744. The first-order valence-electron chi connectivity index (χ1n) is 12.7. The monoisotopic (exact) mass is 516 g/mol. The van der Waals surface area contributed by atoms with Crippen molar-refractivity contribution in [1.29, 1.82) is 0 Å². The quantitative estimate of drug-likeness (QED) is 0.478. The van der Waals surface area contributed by atoms with E-state index in [-0.39, 0.29) is 12.6 Å². The Kier molecular flexibility index (Phi) is 8.87. The molecule has 2 fully saturated rings. The number of rotatable bonds is 9. The first kappa shape index (κ1) is 26.4. The summed E-state index contributed by atoms with van der Waals surface area (Å²) in [6.07, 6.45) is 3.75. The Bertz CT molecular complexity index is 1020. The largest absolute Gasteiger partial charge is 0.465 e. The average molecular weight is 517 g/mol. The highest BCUT2D eigenvalue weighted by Gasteiger charge is 2.42. The molecule has 1 aliphatic carbocycles. The lowest BCUT2D eigenvalue weighted by Crippen LogP contribution is -2.44. The van der Waals surface area contributed by atoms with E-state index >= 15 is 0 Å². The SMILES string of the molecule is CCN(c1sc(CCNC(=O)OCc2ccccc2)c(C(=O)OC)c1C)C1CCC2(CC1)OCCO2. The fourth-order valence-corrected chi connectivity index (χ4v) is 6.57. The molecule has 4 rings (SSSR count). The summed E-state index contributed by atoms with van der Waals surface area (Å²) >= 11 is 1.61. The van der Waals surface area contributed by atoms with Gasteiger partial charge in [-0.05, 0) is 37.8 Å². The van der Waals surface area contributed by atoms with Gasteiger partial charge in [-0.3, -0.25) is 0 Å². The molecule has 1 saturated carbocycles. The van der Waals surface area contributed by atoms with Gasteiger partial charge in [0, 0.05) is 43.3 Å². The van der Waals surface area contributed by atoms with Crippen molar-refractivity contribution >= 4 is 28.4 Å². The standard InChI is InChI=1S/C27H36N2O6S/c1-4-29(21-10-13-27(14-11-21)34-16-17-35-27)24-19(2)23(25(30)32-3)22(36-24)12-15-28-26(31)33-18-20-8-6-5-7-9-20/h5-9,21H,4,10-18H2,1-3H3,(H,28,31). The van der Waals surface area contributed by atoms with Crippen LogP contribution in [0.1, 0.15) is 59.0 Å². The molecule has 2 aromatic rings.